The van der Waals surface area contributed by atoms with Crippen molar-refractivity contribution in [3.8, 4) is 0 Å². The van der Waals surface area contributed by atoms with Gasteiger partial charge in [-0.1, -0.05) is 6.07 Å². The van der Waals surface area contributed by atoms with E-state index in [1.165, 1.54) is 0 Å². The first-order valence-electron chi connectivity index (χ1n) is 5.77. The fraction of sp³-hybridized carbons (Fsp3) is 0.462. The van der Waals surface area contributed by atoms with E-state index in [-0.39, 0.29) is 5.97 Å². The predicted octanol–water partition coefficient (Wildman–Crippen LogP) is 3.01. The molecule has 0 aliphatic rings. The van der Waals surface area contributed by atoms with Crippen LogP contribution in [-0.2, 0) is 4.84 Å². The Morgan fingerprint density at radius 1 is 1.24 bits per heavy atom. The molecule has 0 spiro atoms. The van der Waals surface area contributed by atoms with Crippen molar-refractivity contribution in [2.45, 2.75) is 32.6 Å². The van der Waals surface area contributed by atoms with Crippen molar-refractivity contribution < 1.29 is 9.63 Å². The van der Waals surface area contributed by atoms with Crippen molar-refractivity contribution in [1.82, 2.24) is 5.06 Å². The van der Waals surface area contributed by atoms with Crippen LogP contribution in [0.4, 0.5) is 0 Å². The van der Waals surface area contributed by atoms with Crippen LogP contribution < -0.4 is 0 Å². The van der Waals surface area contributed by atoms with E-state index >= 15 is 0 Å². The van der Waals surface area contributed by atoms with Gasteiger partial charge in [0, 0.05) is 18.0 Å². The van der Waals surface area contributed by atoms with Gasteiger partial charge in [-0.05, 0) is 44.9 Å². The molecule has 94 valence electrons. The minimum atomic E-state index is -0.318. The Balaban J connectivity index is 2.93. The molecule has 1 aromatic rings. The normalized spacial score (nSPS) is 10.7. The van der Waals surface area contributed by atoms with Crippen LogP contribution in [0.3, 0.4) is 0 Å². The van der Waals surface area contributed by atoms with Gasteiger partial charge in [-0.25, -0.2) is 4.79 Å². The SMILES string of the molecule is CCN(CC)OC(=O)c1cc(S)c(C)cc1C. The van der Waals surface area contributed by atoms with Crippen molar-refractivity contribution in [3.05, 3.63) is 28.8 Å². The van der Waals surface area contributed by atoms with Crippen LogP contribution in [0, 0.1) is 13.8 Å². The molecule has 0 aliphatic carbocycles. The lowest BCUT2D eigenvalue weighted by Crippen LogP contribution is -2.27. The summed E-state index contributed by atoms with van der Waals surface area (Å²) in [7, 11) is 0. The van der Waals surface area contributed by atoms with Gasteiger partial charge in [-0.3, -0.25) is 0 Å². The first-order valence-corrected chi connectivity index (χ1v) is 6.21. The zero-order valence-corrected chi connectivity index (χ0v) is 11.7. The number of carbonyl (C=O) groups excluding carboxylic acids is 1. The summed E-state index contributed by atoms with van der Waals surface area (Å²) < 4.78 is 0. The predicted molar refractivity (Wildman–Crippen MR) is 71.5 cm³/mol. The highest BCUT2D eigenvalue weighted by molar-refractivity contribution is 7.80. The zero-order chi connectivity index (χ0) is 13.0. The van der Waals surface area contributed by atoms with E-state index in [0.717, 1.165) is 16.0 Å². The van der Waals surface area contributed by atoms with Gasteiger partial charge in [-0.2, -0.15) is 0 Å². The molecule has 4 heteroatoms. The fourth-order valence-corrected chi connectivity index (χ4v) is 1.77. The van der Waals surface area contributed by atoms with Gasteiger partial charge in [0.25, 0.3) is 0 Å². The summed E-state index contributed by atoms with van der Waals surface area (Å²) >= 11 is 4.32. The molecule has 0 bridgehead atoms. The summed E-state index contributed by atoms with van der Waals surface area (Å²) in [5.41, 5.74) is 2.55. The number of hydrogen-bond donors (Lipinski definition) is 1. The second-order valence-electron chi connectivity index (χ2n) is 3.95. The molecule has 0 aromatic heterocycles. The van der Waals surface area contributed by atoms with E-state index in [1.807, 2.05) is 33.8 Å². The number of thiol groups is 1. The largest absolute Gasteiger partial charge is 0.364 e. The van der Waals surface area contributed by atoms with Gasteiger partial charge in [0.2, 0.25) is 0 Å². The molecule has 0 N–H and O–H groups in total. The number of carbonyl (C=O) groups is 1. The maximum absolute atomic E-state index is 12.0. The number of benzene rings is 1. The fourth-order valence-electron chi connectivity index (χ4n) is 1.58. The highest BCUT2D eigenvalue weighted by Gasteiger charge is 2.15. The van der Waals surface area contributed by atoms with Gasteiger partial charge in [0.1, 0.15) is 0 Å². The van der Waals surface area contributed by atoms with Gasteiger partial charge < -0.3 is 4.84 Å². The number of hydroxylamine groups is 2. The van der Waals surface area contributed by atoms with Crippen molar-refractivity contribution in [2.24, 2.45) is 0 Å². The second kappa shape index (κ2) is 6.07. The van der Waals surface area contributed by atoms with E-state index in [0.29, 0.717) is 18.7 Å². The lowest BCUT2D eigenvalue weighted by Gasteiger charge is -2.18. The molecule has 0 unspecified atom stereocenters. The third kappa shape index (κ3) is 3.48. The van der Waals surface area contributed by atoms with Gasteiger partial charge in [0.15, 0.2) is 0 Å². The maximum atomic E-state index is 12.0. The molecule has 0 radical (unpaired) electrons. The van der Waals surface area contributed by atoms with Crippen LogP contribution >= 0.6 is 12.6 Å². The van der Waals surface area contributed by atoms with Crippen LogP contribution in [0.2, 0.25) is 0 Å². The summed E-state index contributed by atoms with van der Waals surface area (Å²) in [6.45, 7) is 9.13. The summed E-state index contributed by atoms with van der Waals surface area (Å²) in [4.78, 5) is 18.0. The molecular weight excluding hydrogens is 234 g/mol. The standard InChI is InChI=1S/C13H19NO2S/c1-5-14(6-2)16-13(15)11-8-12(17)10(4)7-9(11)3/h7-8,17H,5-6H2,1-4H3. The average Bonchev–Trinajstić information content (AvgIpc) is 2.30. The Bertz CT molecular complexity index is 414. The summed E-state index contributed by atoms with van der Waals surface area (Å²) in [5, 5.41) is 1.62. The molecule has 3 nitrogen and oxygen atoms in total. The Morgan fingerprint density at radius 2 is 1.82 bits per heavy atom. The van der Waals surface area contributed by atoms with Crippen molar-refractivity contribution in [1.29, 1.82) is 0 Å². The Labute approximate surface area is 108 Å². The van der Waals surface area contributed by atoms with Gasteiger partial charge >= 0.3 is 5.97 Å². The minimum absolute atomic E-state index is 0.318. The van der Waals surface area contributed by atoms with E-state index in [1.54, 1.807) is 11.1 Å². The van der Waals surface area contributed by atoms with E-state index in [2.05, 4.69) is 12.6 Å². The van der Waals surface area contributed by atoms with Crippen LogP contribution in [0.25, 0.3) is 0 Å². The third-order valence-electron chi connectivity index (χ3n) is 2.68. The van der Waals surface area contributed by atoms with E-state index in [4.69, 9.17) is 4.84 Å². The molecule has 0 fully saturated rings. The maximum Gasteiger partial charge on any atom is 0.357 e. The molecule has 0 heterocycles. The molecule has 0 saturated heterocycles. The van der Waals surface area contributed by atoms with Crippen molar-refractivity contribution in [3.63, 3.8) is 0 Å². The van der Waals surface area contributed by atoms with Gasteiger partial charge in [-0.15, -0.1) is 17.7 Å². The number of hydrogen-bond acceptors (Lipinski definition) is 4. The Kier molecular flexibility index (Phi) is 5.02. The second-order valence-corrected chi connectivity index (χ2v) is 4.43. The molecule has 0 aliphatic heterocycles. The van der Waals surface area contributed by atoms with Crippen molar-refractivity contribution in [2.75, 3.05) is 13.1 Å². The number of aryl methyl sites for hydroxylation is 2. The van der Waals surface area contributed by atoms with E-state index < -0.39 is 0 Å². The number of nitrogens with zero attached hydrogens (tertiary/aromatic N) is 1. The molecule has 0 atom stereocenters. The Morgan fingerprint density at radius 3 is 2.35 bits per heavy atom. The minimum Gasteiger partial charge on any atom is -0.364 e. The molecule has 1 aromatic carbocycles. The molecular formula is C13H19NO2S. The molecule has 0 saturated carbocycles. The smallest absolute Gasteiger partial charge is 0.357 e. The summed E-state index contributed by atoms with van der Waals surface area (Å²) in [6.07, 6.45) is 0. The highest BCUT2D eigenvalue weighted by Crippen LogP contribution is 2.20. The first-order chi connectivity index (χ1) is 7.99. The summed E-state index contributed by atoms with van der Waals surface area (Å²) in [6, 6.07) is 3.71. The summed E-state index contributed by atoms with van der Waals surface area (Å²) in [5.74, 6) is -0.318. The van der Waals surface area contributed by atoms with Crippen LogP contribution in [0.1, 0.15) is 35.3 Å². The van der Waals surface area contributed by atoms with Crippen LogP contribution in [-0.4, -0.2) is 24.1 Å². The zero-order valence-electron chi connectivity index (χ0n) is 10.8. The molecule has 17 heavy (non-hydrogen) atoms. The van der Waals surface area contributed by atoms with Crippen LogP contribution in [0.15, 0.2) is 17.0 Å². The molecule has 1 rings (SSSR count). The van der Waals surface area contributed by atoms with E-state index in [9.17, 15) is 4.79 Å². The Hall–Kier alpha value is -1.00. The average molecular weight is 253 g/mol. The monoisotopic (exact) mass is 253 g/mol. The molecule has 0 amide bonds. The third-order valence-corrected chi connectivity index (χ3v) is 3.16. The highest BCUT2D eigenvalue weighted by atomic mass is 32.1. The van der Waals surface area contributed by atoms with Crippen molar-refractivity contribution >= 4 is 18.6 Å². The van der Waals surface area contributed by atoms with Crippen LogP contribution in [0.5, 0.6) is 0 Å². The number of rotatable bonds is 4. The lowest BCUT2D eigenvalue weighted by molar-refractivity contribution is -0.103. The lowest BCUT2D eigenvalue weighted by atomic mass is 10.1. The quantitative estimate of drug-likeness (QED) is 0.661. The van der Waals surface area contributed by atoms with Gasteiger partial charge in [0.05, 0.1) is 5.56 Å². The topological polar surface area (TPSA) is 29.5 Å². The first kappa shape index (κ1) is 14.1.